The largest absolute Gasteiger partial charge is 0.368 e. The first-order valence-corrected chi connectivity index (χ1v) is 7.51. The molecule has 2 heterocycles. The summed E-state index contributed by atoms with van der Waals surface area (Å²) in [5.41, 5.74) is 0.618. The average molecular weight is 282 g/mol. The van der Waals surface area contributed by atoms with Crippen molar-refractivity contribution in [3.8, 4) is 0 Å². The first-order valence-electron chi connectivity index (χ1n) is 6.63. The summed E-state index contributed by atoms with van der Waals surface area (Å²) in [7, 11) is 3.51. The Bertz CT molecular complexity index is 438. The molecule has 1 fully saturated rings. The van der Waals surface area contributed by atoms with Gasteiger partial charge < -0.3 is 15.0 Å². The Kier molecular flexibility index (Phi) is 4.60. The Morgan fingerprint density at radius 1 is 1.53 bits per heavy atom. The van der Waals surface area contributed by atoms with E-state index in [0.717, 1.165) is 25.9 Å². The van der Waals surface area contributed by atoms with Gasteiger partial charge in [-0.05, 0) is 49.9 Å². The molecule has 1 amide bonds. The van der Waals surface area contributed by atoms with Gasteiger partial charge in [0.1, 0.15) is 5.60 Å². The fraction of sp³-hybridized carbons (Fsp3) is 0.643. The maximum atomic E-state index is 12.7. The van der Waals surface area contributed by atoms with Gasteiger partial charge in [-0.25, -0.2) is 0 Å². The van der Waals surface area contributed by atoms with Gasteiger partial charge >= 0.3 is 0 Å². The van der Waals surface area contributed by atoms with E-state index in [2.05, 4.69) is 23.7 Å². The normalized spacial score (nSPS) is 18.3. The van der Waals surface area contributed by atoms with E-state index in [1.807, 2.05) is 7.05 Å². The van der Waals surface area contributed by atoms with Gasteiger partial charge in [0.2, 0.25) is 0 Å². The van der Waals surface area contributed by atoms with Gasteiger partial charge in [-0.1, -0.05) is 0 Å². The maximum absolute atomic E-state index is 12.7. The molecule has 1 aromatic rings. The number of rotatable bonds is 4. The summed E-state index contributed by atoms with van der Waals surface area (Å²) in [6.07, 6.45) is 1.49. The number of carbonyl (C=O) groups is 1. The van der Waals surface area contributed by atoms with Crippen LogP contribution in [0.5, 0.6) is 0 Å². The molecule has 0 radical (unpaired) electrons. The van der Waals surface area contributed by atoms with Crippen molar-refractivity contribution in [3.05, 3.63) is 21.9 Å². The number of hydrogen-bond donors (Lipinski definition) is 1. The van der Waals surface area contributed by atoms with E-state index in [-0.39, 0.29) is 5.91 Å². The molecule has 1 aromatic heterocycles. The lowest BCUT2D eigenvalue weighted by Gasteiger charge is -2.37. The smallest absolute Gasteiger partial charge is 0.254 e. The molecule has 106 valence electrons. The molecule has 1 N–H and O–H groups in total. The van der Waals surface area contributed by atoms with Crippen LogP contribution >= 0.6 is 11.3 Å². The number of piperidine rings is 1. The zero-order valence-electron chi connectivity index (χ0n) is 11.9. The number of likely N-dealkylation sites (N-methyl/N-ethyl adjacent to an activating group) is 1. The Morgan fingerprint density at radius 3 is 2.74 bits per heavy atom. The first-order chi connectivity index (χ1) is 9.09. The highest BCUT2D eigenvalue weighted by Gasteiger charge is 2.41. The van der Waals surface area contributed by atoms with Crippen LogP contribution in [0.4, 0.5) is 0 Å². The predicted molar refractivity (Wildman–Crippen MR) is 77.4 cm³/mol. The van der Waals surface area contributed by atoms with Crippen molar-refractivity contribution in [2.24, 2.45) is 0 Å². The third kappa shape index (κ3) is 2.99. The minimum Gasteiger partial charge on any atom is -0.368 e. The summed E-state index contributed by atoms with van der Waals surface area (Å²) in [6, 6.07) is 2.09. The average Bonchev–Trinajstić information content (AvgIpc) is 2.84. The van der Waals surface area contributed by atoms with E-state index < -0.39 is 5.60 Å². The van der Waals surface area contributed by atoms with Crippen LogP contribution in [0.15, 0.2) is 11.4 Å². The molecule has 0 aromatic carbocycles. The molecule has 0 saturated carbocycles. The second-order valence-corrected chi connectivity index (χ2v) is 6.14. The van der Waals surface area contributed by atoms with E-state index in [0.29, 0.717) is 6.54 Å². The van der Waals surface area contributed by atoms with Gasteiger partial charge in [-0.15, -0.1) is 11.3 Å². The summed E-state index contributed by atoms with van der Waals surface area (Å²) in [6.45, 7) is 4.43. The molecule has 0 atom stereocenters. The molecule has 0 spiro atoms. The molecular formula is C14H22N2O2S. The number of hydrogen-bond acceptors (Lipinski definition) is 4. The summed E-state index contributed by atoms with van der Waals surface area (Å²) in [5.74, 6) is 0.101. The molecule has 2 rings (SSSR count). The van der Waals surface area contributed by atoms with Gasteiger partial charge in [0, 0.05) is 19.0 Å². The van der Waals surface area contributed by atoms with Gasteiger partial charge in [0.25, 0.3) is 5.91 Å². The predicted octanol–water partition coefficient (Wildman–Crippen LogP) is 1.78. The molecule has 4 nitrogen and oxygen atoms in total. The first kappa shape index (κ1) is 14.5. The summed E-state index contributed by atoms with van der Waals surface area (Å²) < 4.78 is 5.58. The number of nitrogens with zero attached hydrogens (tertiary/aromatic N) is 1. The van der Waals surface area contributed by atoms with Crippen molar-refractivity contribution in [3.63, 3.8) is 0 Å². The topological polar surface area (TPSA) is 41.6 Å². The molecule has 1 aliphatic rings. The molecule has 0 unspecified atom stereocenters. The minimum absolute atomic E-state index is 0.101. The number of aryl methyl sites for hydroxylation is 1. The summed E-state index contributed by atoms with van der Waals surface area (Å²) >= 11 is 1.70. The highest BCUT2D eigenvalue weighted by molar-refractivity contribution is 7.10. The van der Waals surface area contributed by atoms with Gasteiger partial charge in [-0.3, -0.25) is 4.79 Å². The van der Waals surface area contributed by atoms with Crippen molar-refractivity contribution in [1.29, 1.82) is 0 Å². The fourth-order valence-corrected chi connectivity index (χ4v) is 3.50. The number of ether oxygens (including phenoxy) is 1. The lowest BCUT2D eigenvalue weighted by atomic mass is 9.90. The van der Waals surface area contributed by atoms with E-state index in [4.69, 9.17) is 4.74 Å². The molecule has 0 bridgehead atoms. The van der Waals surface area contributed by atoms with Crippen molar-refractivity contribution in [1.82, 2.24) is 10.2 Å². The molecule has 1 aliphatic heterocycles. The Labute approximate surface area is 118 Å². The third-order valence-electron chi connectivity index (χ3n) is 3.89. The van der Waals surface area contributed by atoms with Gasteiger partial charge in [0.05, 0.1) is 6.54 Å². The second kappa shape index (κ2) is 6.03. The van der Waals surface area contributed by atoms with Crippen LogP contribution in [0, 0.1) is 6.92 Å². The Hall–Kier alpha value is -0.910. The van der Waals surface area contributed by atoms with E-state index in [9.17, 15) is 4.79 Å². The highest BCUT2D eigenvalue weighted by Crippen LogP contribution is 2.26. The number of thiophene rings is 1. The van der Waals surface area contributed by atoms with Crippen molar-refractivity contribution >= 4 is 17.2 Å². The lowest BCUT2D eigenvalue weighted by molar-refractivity contribution is -0.157. The maximum Gasteiger partial charge on any atom is 0.254 e. The molecule has 19 heavy (non-hydrogen) atoms. The van der Waals surface area contributed by atoms with E-state index in [1.54, 1.807) is 23.3 Å². The standard InChI is InChI=1S/C14H22N2O2S/c1-11-4-9-19-12(11)10-16(2)13(17)14(18-3)5-7-15-8-6-14/h4,9,15H,5-8,10H2,1-3H3. The van der Waals surface area contributed by atoms with E-state index in [1.165, 1.54) is 10.4 Å². The van der Waals surface area contributed by atoms with Crippen molar-refractivity contribution in [2.75, 3.05) is 27.2 Å². The number of methoxy groups -OCH3 is 1. The summed E-state index contributed by atoms with van der Waals surface area (Å²) in [4.78, 5) is 15.7. The van der Waals surface area contributed by atoms with Crippen LogP contribution in [0.1, 0.15) is 23.3 Å². The highest BCUT2D eigenvalue weighted by atomic mass is 32.1. The zero-order valence-corrected chi connectivity index (χ0v) is 12.7. The van der Waals surface area contributed by atoms with Crippen molar-refractivity contribution < 1.29 is 9.53 Å². The lowest BCUT2D eigenvalue weighted by Crippen LogP contribution is -2.54. The Morgan fingerprint density at radius 2 is 2.21 bits per heavy atom. The zero-order chi connectivity index (χ0) is 13.9. The monoisotopic (exact) mass is 282 g/mol. The number of nitrogens with one attached hydrogen (secondary N) is 1. The van der Waals surface area contributed by atoms with Crippen LogP contribution in [0.3, 0.4) is 0 Å². The van der Waals surface area contributed by atoms with Crippen molar-refractivity contribution in [2.45, 2.75) is 31.9 Å². The second-order valence-electron chi connectivity index (χ2n) is 5.14. The minimum atomic E-state index is -0.634. The van der Waals surface area contributed by atoms with Crippen LogP contribution in [-0.4, -0.2) is 43.7 Å². The van der Waals surface area contributed by atoms with Crippen LogP contribution in [0.2, 0.25) is 0 Å². The van der Waals surface area contributed by atoms with E-state index >= 15 is 0 Å². The van der Waals surface area contributed by atoms with Crippen LogP contribution in [0.25, 0.3) is 0 Å². The number of carbonyl (C=O) groups excluding carboxylic acids is 1. The molecule has 1 saturated heterocycles. The summed E-state index contributed by atoms with van der Waals surface area (Å²) in [5, 5.41) is 5.34. The number of amides is 1. The molecular weight excluding hydrogens is 260 g/mol. The van der Waals surface area contributed by atoms with Crippen LogP contribution in [-0.2, 0) is 16.1 Å². The fourth-order valence-electron chi connectivity index (χ4n) is 2.54. The van der Waals surface area contributed by atoms with Gasteiger partial charge in [0.15, 0.2) is 0 Å². The van der Waals surface area contributed by atoms with Gasteiger partial charge in [-0.2, -0.15) is 0 Å². The Balaban J connectivity index is 2.07. The SMILES string of the molecule is COC1(C(=O)N(C)Cc2sccc2C)CCNCC1. The molecule has 0 aliphatic carbocycles. The van der Waals surface area contributed by atoms with Crippen LogP contribution < -0.4 is 5.32 Å². The third-order valence-corrected chi connectivity index (χ3v) is 4.90. The quantitative estimate of drug-likeness (QED) is 0.915. The molecule has 5 heteroatoms.